The third-order valence-corrected chi connectivity index (χ3v) is 4.89. The van der Waals surface area contributed by atoms with Gasteiger partial charge in [0.05, 0.1) is 6.42 Å². The number of amides is 1. The Balaban J connectivity index is 1.60. The second-order valence-electron chi connectivity index (χ2n) is 4.59. The molecule has 1 amide bonds. The summed E-state index contributed by atoms with van der Waals surface area (Å²) in [6, 6.07) is 12.4. The fourth-order valence-electron chi connectivity index (χ4n) is 1.85. The summed E-state index contributed by atoms with van der Waals surface area (Å²) in [5, 5.41) is 4.97. The highest BCUT2D eigenvalue weighted by atomic mass is 32.2. The van der Waals surface area contributed by atoms with Gasteiger partial charge in [-0.2, -0.15) is 11.8 Å². The molecule has 0 radical (unpaired) electrons. The molecule has 2 rings (SSSR count). The predicted octanol–water partition coefficient (Wildman–Crippen LogP) is 3.65. The SMILES string of the molecule is Cc1ccccc1CSCCNC(=O)Cc1cccs1. The molecule has 0 aliphatic rings. The highest BCUT2D eigenvalue weighted by Gasteiger charge is 2.03. The quantitative estimate of drug-likeness (QED) is 0.791. The van der Waals surface area contributed by atoms with Crippen LogP contribution in [0.15, 0.2) is 41.8 Å². The van der Waals surface area contributed by atoms with Gasteiger partial charge in [-0.15, -0.1) is 11.3 Å². The first-order valence-corrected chi connectivity index (χ1v) is 8.70. The zero-order valence-electron chi connectivity index (χ0n) is 11.6. The smallest absolute Gasteiger partial charge is 0.225 e. The first-order chi connectivity index (χ1) is 9.75. The lowest BCUT2D eigenvalue weighted by Gasteiger charge is -2.06. The number of nitrogens with one attached hydrogen (secondary N) is 1. The van der Waals surface area contributed by atoms with E-state index < -0.39 is 0 Å². The molecule has 106 valence electrons. The lowest BCUT2D eigenvalue weighted by atomic mass is 10.1. The van der Waals surface area contributed by atoms with Crippen molar-refractivity contribution < 1.29 is 4.79 Å². The van der Waals surface area contributed by atoms with Crippen LogP contribution in [0.2, 0.25) is 0 Å². The van der Waals surface area contributed by atoms with Gasteiger partial charge < -0.3 is 5.32 Å². The summed E-state index contributed by atoms with van der Waals surface area (Å²) in [7, 11) is 0. The number of hydrogen-bond acceptors (Lipinski definition) is 3. The molecule has 0 saturated heterocycles. The van der Waals surface area contributed by atoms with Crippen molar-refractivity contribution in [1.82, 2.24) is 5.32 Å². The Morgan fingerprint density at radius 3 is 2.85 bits per heavy atom. The van der Waals surface area contributed by atoms with Gasteiger partial charge in [0, 0.05) is 22.9 Å². The molecule has 0 fully saturated rings. The largest absolute Gasteiger partial charge is 0.355 e. The molecule has 0 saturated carbocycles. The molecule has 0 spiro atoms. The Labute approximate surface area is 128 Å². The predicted molar refractivity (Wildman–Crippen MR) is 88.4 cm³/mol. The molecule has 0 bridgehead atoms. The van der Waals surface area contributed by atoms with Crippen LogP contribution in [0.1, 0.15) is 16.0 Å². The van der Waals surface area contributed by atoms with Crippen molar-refractivity contribution in [3.8, 4) is 0 Å². The Kier molecular flexibility index (Phi) is 6.15. The lowest BCUT2D eigenvalue weighted by molar-refractivity contribution is -0.120. The average molecular weight is 305 g/mol. The van der Waals surface area contributed by atoms with Crippen LogP contribution >= 0.6 is 23.1 Å². The molecule has 0 aliphatic carbocycles. The highest BCUT2D eigenvalue weighted by Crippen LogP contribution is 2.15. The minimum atomic E-state index is 0.115. The van der Waals surface area contributed by atoms with E-state index in [9.17, 15) is 4.79 Å². The van der Waals surface area contributed by atoms with Crippen molar-refractivity contribution in [3.05, 3.63) is 57.8 Å². The maximum atomic E-state index is 11.7. The molecule has 4 heteroatoms. The van der Waals surface area contributed by atoms with Crippen LogP contribution in [0.25, 0.3) is 0 Å². The summed E-state index contributed by atoms with van der Waals surface area (Å²) >= 11 is 3.49. The fourth-order valence-corrected chi connectivity index (χ4v) is 3.49. The maximum Gasteiger partial charge on any atom is 0.225 e. The summed E-state index contributed by atoms with van der Waals surface area (Å²) in [6.07, 6.45) is 0.500. The van der Waals surface area contributed by atoms with Gasteiger partial charge in [0.15, 0.2) is 0 Å². The van der Waals surface area contributed by atoms with Crippen LogP contribution in [-0.4, -0.2) is 18.2 Å². The second kappa shape index (κ2) is 8.12. The first-order valence-electron chi connectivity index (χ1n) is 6.67. The average Bonchev–Trinajstić information content (AvgIpc) is 2.93. The third kappa shape index (κ3) is 5.02. The zero-order valence-corrected chi connectivity index (χ0v) is 13.2. The van der Waals surface area contributed by atoms with E-state index in [-0.39, 0.29) is 5.91 Å². The van der Waals surface area contributed by atoms with Gasteiger partial charge >= 0.3 is 0 Å². The molecule has 2 aromatic rings. The van der Waals surface area contributed by atoms with E-state index in [0.29, 0.717) is 6.42 Å². The van der Waals surface area contributed by atoms with Crippen LogP contribution in [0.4, 0.5) is 0 Å². The number of hydrogen-bond donors (Lipinski definition) is 1. The number of carbonyl (C=O) groups is 1. The van der Waals surface area contributed by atoms with E-state index in [1.807, 2.05) is 29.3 Å². The van der Waals surface area contributed by atoms with Crippen molar-refractivity contribution in [3.63, 3.8) is 0 Å². The Hall–Kier alpha value is -1.26. The van der Waals surface area contributed by atoms with E-state index in [2.05, 4.69) is 36.5 Å². The minimum Gasteiger partial charge on any atom is -0.355 e. The molecule has 20 heavy (non-hydrogen) atoms. The molecule has 1 N–H and O–H groups in total. The van der Waals surface area contributed by atoms with Crippen LogP contribution in [0.3, 0.4) is 0 Å². The summed E-state index contributed by atoms with van der Waals surface area (Å²) in [6.45, 7) is 2.87. The van der Waals surface area contributed by atoms with Crippen molar-refractivity contribution in [1.29, 1.82) is 0 Å². The summed E-state index contributed by atoms with van der Waals surface area (Å²) in [5.41, 5.74) is 2.71. The summed E-state index contributed by atoms with van der Waals surface area (Å²) < 4.78 is 0. The van der Waals surface area contributed by atoms with Crippen molar-refractivity contribution in [2.75, 3.05) is 12.3 Å². The van der Waals surface area contributed by atoms with E-state index in [1.165, 1.54) is 11.1 Å². The second-order valence-corrected chi connectivity index (χ2v) is 6.72. The van der Waals surface area contributed by atoms with Crippen molar-refractivity contribution >= 4 is 29.0 Å². The van der Waals surface area contributed by atoms with Crippen LogP contribution in [-0.2, 0) is 17.0 Å². The standard InChI is InChI=1S/C16H19NOS2/c1-13-5-2-3-6-14(13)12-19-10-8-17-16(18)11-15-7-4-9-20-15/h2-7,9H,8,10-12H2,1H3,(H,17,18). The fraction of sp³-hybridized carbons (Fsp3) is 0.312. The van der Waals surface area contributed by atoms with E-state index >= 15 is 0 Å². The number of aryl methyl sites for hydroxylation is 1. The number of carbonyl (C=O) groups excluding carboxylic acids is 1. The van der Waals surface area contributed by atoms with E-state index in [1.54, 1.807) is 11.3 Å². The van der Waals surface area contributed by atoms with Crippen LogP contribution in [0.5, 0.6) is 0 Å². The Morgan fingerprint density at radius 1 is 1.25 bits per heavy atom. The first kappa shape index (κ1) is 15.1. The number of thioether (sulfide) groups is 1. The molecule has 2 nitrogen and oxygen atoms in total. The molecule has 0 aliphatic heterocycles. The van der Waals surface area contributed by atoms with Gasteiger partial charge in [-0.05, 0) is 29.5 Å². The van der Waals surface area contributed by atoms with Gasteiger partial charge in [0.2, 0.25) is 5.91 Å². The topological polar surface area (TPSA) is 29.1 Å². The monoisotopic (exact) mass is 305 g/mol. The van der Waals surface area contributed by atoms with Gasteiger partial charge in [0.25, 0.3) is 0 Å². The highest BCUT2D eigenvalue weighted by molar-refractivity contribution is 7.98. The minimum absolute atomic E-state index is 0.115. The molecular formula is C16H19NOS2. The van der Waals surface area contributed by atoms with Gasteiger partial charge in [-0.1, -0.05) is 30.3 Å². The summed E-state index contributed by atoms with van der Waals surface area (Å²) in [4.78, 5) is 12.8. The molecule has 1 aromatic carbocycles. The number of thiophene rings is 1. The Bertz CT molecular complexity index is 537. The molecule has 0 unspecified atom stereocenters. The van der Waals surface area contributed by atoms with Gasteiger partial charge in [0.1, 0.15) is 0 Å². The number of benzene rings is 1. The van der Waals surface area contributed by atoms with Crippen LogP contribution in [0, 0.1) is 6.92 Å². The summed E-state index contributed by atoms with van der Waals surface area (Å²) in [5.74, 6) is 2.07. The van der Waals surface area contributed by atoms with E-state index in [0.717, 1.165) is 22.9 Å². The molecule has 0 atom stereocenters. The molecule has 1 heterocycles. The lowest BCUT2D eigenvalue weighted by Crippen LogP contribution is -2.27. The van der Waals surface area contributed by atoms with E-state index in [4.69, 9.17) is 0 Å². The normalized spacial score (nSPS) is 10.4. The van der Waals surface area contributed by atoms with Crippen LogP contribution < -0.4 is 5.32 Å². The third-order valence-electron chi connectivity index (χ3n) is 3.00. The number of rotatable bonds is 7. The van der Waals surface area contributed by atoms with Gasteiger partial charge in [-0.3, -0.25) is 4.79 Å². The molecule has 1 aromatic heterocycles. The van der Waals surface area contributed by atoms with Crippen molar-refractivity contribution in [2.24, 2.45) is 0 Å². The van der Waals surface area contributed by atoms with Crippen molar-refractivity contribution in [2.45, 2.75) is 19.1 Å². The maximum absolute atomic E-state index is 11.7. The van der Waals surface area contributed by atoms with Gasteiger partial charge in [-0.25, -0.2) is 0 Å². The zero-order chi connectivity index (χ0) is 14.2. The molecular weight excluding hydrogens is 286 g/mol. The Morgan fingerprint density at radius 2 is 2.10 bits per heavy atom.